The normalized spacial score (nSPS) is 13.6. The van der Waals surface area contributed by atoms with Crippen molar-refractivity contribution in [2.45, 2.75) is 4.83 Å². The summed E-state index contributed by atoms with van der Waals surface area (Å²) in [5.74, 6) is -0.0495. The summed E-state index contributed by atoms with van der Waals surface area (Å²) >= 11 is 3.30. The molecule has 0 aliphatic carbocycles. The number of rotatable bonds is 3. The smallest absolute Gasteiger partial charge is 0.314 e. The minimum absolute atomic E-state index is 0.0495. The van der Waals surface area contributed by atoms with E-state index in [2.05, 4.69) is 25.9 Å². The molecule has 1 aromatic carbocycles. The van der Waals surface area contributed by atoms with E-state index in [4.69, 9.17) is 0 Å². The van der Waals surface area contributed by atoms with Crippen molar-refractivity contribution >= 4 is 36.8 Å². The summed E-state index contributed by atoms with van der Waals surface area (Å²) < 4.78 is 22.5. The van der Waals surface area contributed by atoms with Crippen molar-refractivity contribution in [1.29, 1.82) is 0 Å². The van der Waals surface area contributed by atoms with E-state index < -0.39 is 21.0 Å². The van der Waals surface area contributed by atoms with Crippen molar-refractivity contribution in [3.63, 3.8) is 0 Å². The number of hydrogen-bond acceptors (Lipinski definition) is 4. The molecule has 19 heavy (non-hydrogen) atoms. The predicted octanol–water partition coefficient (Wildman–Crippen LogP) is 0.697. The number of aromatic amines is 2. The van der Waals surface area contributed by atoms with Crippen molar-refractivity contribution < 1.29 is 8.42 Å². The number of alkyl halides is 1. The van der Waals surface area contributed by atoms with E-state index in [1.54, 1.807) is 18.2 Å². The van der Waals surface area contributed by atoms with Gasteiger partial charge in [-0.1, -0.05) is 22.0 Å². The Labute approximate surface area is 116 Å². The minimum atomic E-state index is -3.12. The highest BCUT2D eigenvalue weighted by atomic mass is 79.9. The van der Waals surface area contributed by atoms with Gasteiger partial charge in [0.15, 0.2) is 0 Å². The molecule has 1 unspecified atom stereocenters. The molecule has 0 bridgehead atoms. The molecule has 0 radical (unpaired) electrons. The van der Waals surface area contributed by atoms with E-state index >= 15 is 0 Å². The van der Waals surface area contributed by atoms with Gasteiger partial charge in [0.2, 0.25) is 0 Å². The van der Waals surface area contributed by atoms with Crippen LogP contribution < -0.4 is 11.1 Å². The molecule has 2 N–H and O–H groups in total. The third-order valence-corrected chi connectivity index (χ3v) is 4.78. The van der Waals surface area contributed by atoms with Crippen molar-refractivity contribution in [2.24, 2.45) is 0 Å². The van der Waals surface area contributed by atoms with Crippen molar-refractivity contribution in [3.8, 4) is 0 Å². The topological polar surface area (TPSA) is 99.9 Å². The first-order valence-corrected chi connectivity index (χ1v) is 8.32. The number of nitrogens with one attached hydrogen (secondary N) is 2. The zero-order chi connectivity index (χ0) is 14.2. The Morgan fingerprint density at radius 3 is 2.32 bits per heavy atom. The highest BCUT2D eigenvalue weighted by Crippen LogP contribution is 2.25. The van der Waals surface area contributed by atoms with Gasteiger partial charge in [0.25, 0.3) is 0 Å². The van der Waals surface area contributed by atoms with Gasteiger partial charge in [-0.15, -0.1) is 0 Å². The lowest BCUT2D eigenvalue weighted by atomic mass is 10.1. The van der Waals surface area contributed by atoms with Crippen LogP contribution in [-0.4, -0.2) is 30.4 Å². The molecule has 0 fully saturated rings. The maximum atomic E-state index is 11.2. The largest absolute Gasteiger partial charge is 0.316 e. The molecule has 0 amide bonds. The first-order chi connectivity index (χ1) is 8.76. The van der Waals surface area contributed by atoms with Gasteiger partial charge < -0.3 is 9.97 Å². The summed E-state index contributed by atoms with van der Waals surface area (Å²) in [6.45, 7) is 0. The maximum absolute atomic E-state index is 11.2. The fourth-order valence-corrected chi connectivity index (χ4v) is 4.14. The van der Waals surface area contributed by atoms with Gasteiger partial charge in [-0.25, -0.2) is 8.42 Å². The van der Waals surface area contributed by atoms with Gasteiger partial charge in [-0.3, -0.25) is 9.59 Å². The Morgan fingerprint density at radius 1 is 1.16 bits per heavy atom. The molecule has 102 valence electrons. The Morgan fingerprint density at radius 2 is 1.74 bits per heavy atom. The number of H-pyrrole nitrogens is 2. The van der Waals surface area contributed by atoms with Crippen LogP contribution in [0.4, 0.5) is 0 Å². The lowest BCUT2D eigenvalue weighted by Gasteiger charge is -2.09. The molecule has 0 aliphatic heterocycles. The van der Waals surface area contributed by atoms with Gasteiger partial charge in [0.1, 0.15) is 9.84 Å². The molecule has 1 atom stereocenters. The van der Waals surface area contributed by atoms with Crippen LogP contribution in [0.2, 0.25) is 0 Å². The molecule has 0 saturated heterocycles. The standard InChI is InChI=1S/C11H11BrN2O4S/c1-19(17,18)5-7(12)6-2-3-8-9(4-6)14-11(16)10(15)13-8/h2-4,7H,5H2,1H3,(H,13,15)(H,14,16). The van der Waals surface area contributed by atoms with Crippen molar-refractivity contribution in [2.75, 3.05) is 12.0 Å². The van der Waals surface area contributed by atoms with E-state index in [1.165, 1.54) is 0 Å². The number of benzene rings is 1. The summed E-state index contributed by atoms with van der Waals surface area (Å²) in [6.07, 6.45) is 1.15. The minimum Gasteiger partial charge on any atom is -0.316 e. The quantitative estimate of drug-likeness (QED) is 0.630. The van der Waals surface area contributed by atoms with Crippen LogP contribution in [0.25, 0.3) is 11.0 Å². The average Bonchev–Trinajstić information content (AvgIpc) is 2.27. The van der Waals surface area contributed by atoms with Crippen LogP contribution in [0.5, 0.6) is 0 Å². The van der Waals surface area contributed by atoms with Crippen LogP contribution in [0.15, 0.2) is 27.8 Å². The van der Waals surface area contributed by atoms with E-state index in [1.807, 2.05) is 0 Å². The molecule has 0 aliphatic rings. The number of sulfone groups is 1. The van der Waals surface area contributed by atoms with Gasteiger partial charge in [-0.2, -0.15) is 0 Å². The van der Waals surface area contributed by atoms with Gasteiger partial charge in [0.05, 0.1) is 21.6 Å². The monoisotopic (exact) mass is 346 g/mol. The molecular formula is C11H11BrN2O4S. The Balaban J connectivity index is 2.50. The summed E-state index contributed by atoms with van der Waals surface area (Å²) in [6, 6.07) is 4.96. The van der Waals surface area contributed by atoms with E-state index in [-0.39, 0.29) is 10.6 Å². The first-order valence-electron chi connectivity index (χ1n) is 5.34. The number of halogens is 1. The third kappa shape index (κ3) is 3.32. The SMILES string of the molecule is CS(=O)(=O)CC(Br)c1ccc2[nH]c(=O)c(=O)[nH]c2c1. The number of fused-ring (bicyclic) bond motifs is 1. The zero-order valence-electron chi connectivity index (χ0n) is 9.94. The van der Waals surface area contributed by atoms with Gasteiger partial charge in [-0.05, 0) is 17.7 Å². The van der Waals surface area contributed by atoms with Crippen LogP contribution in [0, 0.1) is 0 Å². The lowest BCUT2D eigenvalue weighted by molar-refractivity contribution is 0.601. The van der Waals surface area contributed by atoms with Crippen LogP contribution in [-0.2, 0) is 9.84 Å². The first kappa shape index (κ1) is 14.0. The maximum Gasteiger partial charge on any atom is 0.314 e. The molecule has 6 nitrogen and oxygen atoms in total. The second-order valence-corrected chi connectivity index (χ2v) is 7.56. The lowest BCUT2D eigenvalue weighted by Crippen LogP contribution is -2.28. The highest BCUT2D eigenvalue weighted by Gasteiger charge is 2.15. The van der Waals surface area contributed by atoms with Crippen molar-refractivity contribution in [3.05, 3.63) is 44.5 Å². The predicted molar refractivity (Wildman–Crippen MR) is 76.6 cm³/mol. The summed E-state index contributed by atoms with van der Waals surface area (Å²) in [7, 11) is -3.12. The summed E-state index contributed by atoms with van der Waals surface area (Å²) in [4.78, 5) is 26.9. The van der Waals surface area contributed by atoms with Crippen molar-refractivity contribution in [1.82, 2.24) is 9.97 Å². The Kier molecular flexibility index (Phi) is 3.64. The van der Waals surface area contributed by atoms with Gasteiger partial charge in [0, 0.05) is 6.26 Å². The number of hydrogen-bond donors (Lipinski definition) is 2. The average molecular weight is 347 g/mol. The highest BCUT2D eigenvalue weighted by molar-refractivity contribution is 9.09. The number of aromatic nitrogens is 2. The van der Waals surface area contributed by atoms with Crippen LogP contribution in [0.1, 0.15) is 10.4 Å². The van der Waals surface area contributed by atoms with E-state index in [0.29, 0.717) is 16.6 Å². The molecular weight excluding hydrogens is 336 g/mol. The zero-order valence-corrected chi connectivity index (χ0v) is 12.3. The fraction of sp³-hybridized carbons (Fsp3) is 0.273. The summed E-state index contributed by atoms with van der Waals surface area (Å²) in [5.41, 5.74) is 0.207. The molecule has 0 spiro atoms. The van der Waals surface area contributed by atoms with E-state index in [9.17, 15) is 18.0 Å². The van der Waals surface area contributed by atoms with Gasteiger partial charge >= 0.3 is 11.1 Å². The summed E-state index contributed by atoms with van der Waals surface area (Å²) in [5, 5.41) is 0. The Hall–Kier alpha value is -1.41. The molecule has 1 aromatic heterocycles. The third-order valence-electron chi connectivity index (χ3n) is 2.56. The van der Waals surface area contributed by atoms with E-state index in [0.717, 1.165) is 6.26 Å². The molecule has 2 rings (SSSR count). The molecule has 2 aromatic rings. The Bertz CT molecular complexity index is 838. The van der Waals surface area contributed by atoms with Crippen LogP contribution >= 0.6 is 15.9 Å². The molecule has 1 heterocycles. The molecule has 0 saturated carbocycles. The molecule has 8 heteroatoms. The van der Waals surface area contributed by atoms with Crippen LogP contribution in [0.3, 0.4) is 0 Å². The second-order valence-electron chi connectivity index (χ2n) is 4.27. The fourth-order valence-electron chi connectivity index (χ4n) is 1.69. The second kappa shape index (κ2) is 4.93.